The summed E-state index contributed by atoms with van der Waals surface area (Å²) in [5, 5.41) is 3.34. The maximum Gasteiger partial charge on any atom is 0.0922 e. The highest BCUT2D eigenvalue weighted by Crippen LogP contribution is 1.92. The normalized spacial score (nSPS) is 10.8. The van der Waals surface area contributed by atoms with Crippen molar-refractivity contribution in [2.75, 3.05) is 33.5 Å². The first-order valence-electron chi connectivity index (χ1n) is 5.68. The molecule has 5 nitrogen and oxygen atoms in total. The standard InChI is InChI=1S/C11H21N3O2/c1-15-6-7-16-5-3-2-4-12-8-11-9-13-10-14-11/h9-10,12H,2-8H2,1H3,(H,13,14). The highest BCUT2D eigenvalue weighted by atomic mass is 16.5. The van der Waals surface area contributed by atoms with E-state index in [1.807, 2.05) is 6.20 Å². The minimum absolute atomic E-state index is 0.679. The van der Waals surface area contributed by atoms with Crippen molar-refractivity contribution in [1.29, 1.82) is 0 Å². The molecule has 5 heteroatoms. The summed E-state index contributed by atoms with van der Waals surface area (Å²) in [6, 6.07) is 0. The topological polar surface area (TPSA) is 59.2 Å². The molecular weight excluding hydrogens is 206 g/mol. The third-order valence-corrected chi connectivity index (χ3v) is 2.19. The zero-order valence-corrected chi connectivity index (χ0v) is 9.87. The first-order chi connectivity index (χ1) is 7.93. The van der Waals surface area contributed by atoms with Crippen LogP contribution in [0.25, 0.3) is 0 Å². The van der Waals surface area contributed by atoms with E-state index in [1.54, 1.807) is 13.4 Å². The average molecular weight is 227 g/mol. The Morgan fingerprint density at radius 3 is 3.00 bits per heavy atom. The maximum atomic E-state index is 5.36. The van der Waals surface area contributed by atoms with Crippen LogP contribution in [0, 0.1) is 0 Å². The third kappa shape index (κ3) is 6.55. The Bertz CT molecular complexity index is 239. The number of hydrogen-bond acceptors (Lipinski definition) is 4. The first-order valence-corrected chi connectivity index (χ1v) is 5.68. The fraction of sp³-hybridized carbons (Fsp3) is 0.727. The minimum Gasteiger partial charge on any atom is -0.382 e. The Labute approximate surface area is 96.6 Å². The van der Waals surface area contributed by atoms with Gasteiger partial charge in [0.25, 0.3) is 0 Å². The monoisotopic (exact) mass is 227 g/mol. The molecule has 16 heavy (non-hydrogen) atoms. The molecule has 1 heterocycles. The van der Waals surface area contributed by atoms with Crippen molar-refractivity contribution in [2.45, 2.75) is 19.4 Å². The molecule has 0 aromatic carbocycles. The Balaban J connectivity index is 1.78. The van der Waals surface area contributed by atoms with Crippen LogP contribution in [-0.2, 0) is 16.0 Å². The van der Waals surface area contributed by atoms with Crippen LogP contribution < -0.4 is 5.32 Å². The molecule has 0 amide bonds. The number of unbranched alkanes of at least 4 members (excludes halogenated alkanes) is 1. The molecule has 92 valence electrons. The quantitative estimate of drug-likeness (QED) is 0.584. The molecule has 0 fully saturated rings. The van der Waals surface area contributed by atoms with Gasteiger partial charge >= 0.3 is 0 Å². The molecule has 0 radical (unpaired) electrons. The summed E-state index contributed by atoms with van der Waals surface area (Å²) < 4.78 is 10.2. The summed E-state index contributed by atoms with van der Waals surface area (Å²) in [6.07, 6.45) is 5.74. The SMILES string of the molecule is COCCOCCCCNCc1cnc[nH]1. The summed E-state index contributed by atoms with van der Waals surface area (Å²) in [7, 11) is 1.68. The van der Waals surface area contributed by atoms with E-state index < -0.39 is 0 Å². The van der Waals surface area contributed by atoms with E-state index in [-0.39, 0.29) is 0 Å². The number of aromatic amines is 1. The Morgan fingerprint density at radius 1 is 1.31 bits per heavy atom. The molecule has 2 N–H and O–H groups in total. The van der Waals surface area contributed by atoms with E-state index in [4.69, 9.17) is 9.47 Å². The summed E-state index contributed by atoms with van der Waals surface area (Å²) in [5.41, 5.74) is 1.12. The molecule has 0 aliphatic rings. The lowest BCUT2D eigenvalue weighted by atomic mass is 10.3. The van der Waals surface area contributed by atoms with Gasteiger partial charge in [-0.15, -0.1) is 0 Å². The zero-order chi connectivity index (χ0) is 11.5. The lowest BCUT2D eigenvalue weighted by Crippen LogP contribution is -2.15. The molecule has 0 bridgehead atoms. The average Bonchev–Trinajstić information content (AvgIpc) is 2.80. The number of nitrogens with one attached hydrogen (secondary N) is 2. The van der Waals surface area contributed by atoms with Gasteiger partial charge < -0.3 is 19.8 Å². The van der Waals surface area contributed by atoms with Crippen LogP contribution in [0.4, 0.5) is 0 Å². The van der Waals surface area contributed by atoms with Gasteiger partial charge in [0.15, 0.2) is 0 Å². The molecule has 1 rings (SSSR count). The van der Waals surface area contributed by atoms with Gasteiger partial charge in [-0.2, -0.15) is 0 Å². The lowest BCUT2D eigenvalue weighted by molar-refractivity contribution is 0.0688. The van der Waals surface area contributed by atoms with E-state index in [0.717, 1.165) is 38.2 Å². The molecule has 0 unspecified atom stereocenters. The van der Waals surface area contributed by atoms with Crippen molar-refractivity contribution in [3.8, 4) is 0 Å². The lowest BCUT2D eigenvalue weighted by Gasteiger charge is -2.04. The zero-order valence-electron chi connectivity index (χ0n) is 9.87. The van der Waals surface area contributed by atoms with Gasteiger partial charge in [-0.05, 0) is 19.4 Å². The molecule has 0 aliphatic carbocycles. The molecule has 0 aliphatic heterocycles. The number of ether oxygens (including phenoxy) is 2. The summed E-state index contributed by atoms with van der Waals surface area (Å²) in [5.74, 6) is 0. The predicted octanol–water partition coefficient (Wildman–Crippen LogP) is 0.942. The van der Waals surface area contributed by atoms with Crippen LogP contribution in [0.5, 0.6) is 0 Å². The van der Waals surface area contributed by atoms with E-state index in [2.05, 4.69) is 15.3 Å². The van der Waals surface area contributed by atoms with Crippen molar-refractivity contribution >= 4 is 0 Å². The molecular formula is C11H21N3O2. The number of aromatic nitrogens is 2. The van der Waals surface area contributed by atoms with Crippen molar-refractivity contribution in [3.05, 3.63) is 18.2 Å². The highest BCUT2D eigenvalue weighted by molar-refractivity contribution is 4.92. The van der Waals surface area contributed by atoms with Crippen molar-refractivity contribution in [3.63, 3.8) is 0 Å². The molecule has 1 aromatic rings. The van der Waals surface area contributed by atoms with Gasteiger partial charge in [-0.3, -0.25) is 0 Å². The van der Waals surface area contributed by atoms with Crippen LogP contribution in [0.15, 0.2) is 12.5 Å². The Kier molecular flexibility index (Phi) is 7.67. The van der Waals surface area contributed by atoms with Gasteiger partial charge in [0.1, 0.15) is 0 Å². The van der Waals surface area contributed by atoms with Gasteiger partial charge in [-0.25, -0.2) is 4.98 Å². The largest absolute Gasteiger partial charge is 0.382 e. The first kappa shape index (κ1) is 13.2. The van der Waals surface area contributed by atoms with E-state index in [9.17, 15) is 0 Å². The third-order valence-electron chi connectivity index (χ3n) is 2.19. The van der Waals surface area contributed by atoms with Gasteiger partial charge in [0.2, 0.25) is 0 Å². The molecule has 0 spiro atoms. The molecule has 0 saturated heterocycles. The minimum atomic E-state index is 0.679. The van der Waals surface area contributed by atoms with E-state index in [0.29, 0.717) is 13.2 Å². The van der Waals surface area contributed by atoms with Crippen LogP contribution >= 0.6 is 0 Å². The Hall–Kier alpha value is -0.910. The van der Waals surface area contributed by atoms with Crippen LogP contribution in [0.3, 0.4) is 0 Å². The van der Waals surface area contributed by atoms with Crippen molar-refractivity contribution < 1.29 is 9.47 Å². The summed E-state index contributed by atoms with van der Waals surface area (Å²) in [6.45, 7) is 4.04. The Morgan fingerprint density at radius 2 is 2.25 bits per heavy atom. The fourth-order valence-corrected chi connectivity index (χ4v) is 1.30. The number of hydrogen-bond donors (Lipinski definition) is 2. The number of imidazole rings is 1. The second-order valence-corrected chi connectivity index (χ2v) is 3.57. The summed E-state index contributed by atoms with van der Waals surface area (Å²) in [4.78, 5) is 7.00. The van der Waals surface area contributed by atoms with Crippen molar-refractivity contribution in [1.82, 2.24) is 15.3 Å². The molecule has 1 aromatic heterocycles. The number of nitrogens with zero attached hydrogens (tertiary/aromatic N) is 1. The maximum absolute atomic E-state index is 5.36. The second-order valence-electron chi connectivity index (χ2n) is 3.57. The van der Waals surface area contributed by atoms with Crippen LogP contribution in [-0.4, -0.2) is 43.4 Å². The van der Waals surface area contributed by atoms with E-state index in [1.165, 1.54) is 0 Å². The van der Waals surface area contributed by atoms with Crippen LogP contribution in [0.1, 0.15) is 18.5 Å². The number of H-pyrrole nitrogens is 1. The molecule has 0 saturated carbocycles. The fourth-order valence-electron chi connectivity index (χ4n) is 1.30. The van der Waals surface area contributed by atoms with E-state index >= 15 is 0 Å². The van der Waals surface area contributed by atoms with Gasteiger partial charge in [0.05, 0.1) is 19.5 Å². The number of methoxy groups -OCH3 is 1. The van der Waals surface area contributed by atoms with Gasteiger partial charge in [0, 0.05) is 32.2 Å². The highest BCUT2D eigenvalue weighted by Gasteiger charge is 1.93. The van der Waals surface area contributed by atoms with Crippen molar-refractivity contribution in [2.24, 2.45) is 0 Å². The van der Waals surface area contributed by atoms with Gasteiger partial charge in [-0.1, -0.05) is 0 Å². The predicted molar refractivity (Wildman–Crippen MR) is 62.2 cm³/mol. The van der Waals surface area contributed by atoms with Crippen LogP contribution in [0.2, 0.25) is 0 Å². The molecule has 0 atom stereocenters. The second kappa shape index (κ2) is 9.33. The number of rotatable bonds is 10. The summed E-state index contributed by atoms with van der Waals surface area (Å²) >= 11 is 0. The smallest absolute Gasteiger partial charge is 0.0922 e.